The van der Waals surface area contributed by atoms with Gasteiger partial charge in [0.25, 0.3) is 0 Å². The van der Waals surface area contributed by atoms with Crippen molar-refractivity contribution in [3.05, 3.63) is 16.7 Å². The molecule has 5 heteroatoms. The zero-order chi connectivity index (χ0) is 9.84. The summed E-state index contributed by atoms with van der Waals surface area (Å²) in [6.07, 6.45) is 0. The molecule has 0 fully saturated rings. The van der Waals surface area contributed by atoms with Crippen molar-refractivity contribution in [1.29, 1.82) is 0 Å². The first-order valence-electron chi connectivity index (χ1n) is 3.81. The van der Waals surface area contributed by atoms with Crippen LogP contribution in [-0.4, -0.2) is 35.0 Å². The van der Waals surface area contributed by atoms with E-state index in [2.05, 4.69) is 31.1 Å². The number of amidine groups is 1. The molecular formula is C8H11BrN4. The normalized spacial score (nSPS) is 11.5. The highest BCUT2D eigenvalue weighted by Gasteiger charge is 1.96. The van der Waals surface area contributed by atoms with Crippen LogP contribution < -0.4 is 0 Å². The van der Waals surface area contributed by atoms with Crippen LogP contribution in [0.4, 0.5) is 5.82 Å². The molecule has 1 rings (SSSR count). The number of rotatable bonds is 1. The second-order valence-corrected chi connectivity index (χ2v) is 3.58. The van der Waals surface area contributed by atoms with Crippen molar-refractivity contribution in [2.24, 2.45) is 4.99 Å². The second-order valence-electron chi connectivity index (χ2n) is 2.77. The smallest absolute Gasteiger partial charge is 0.176 e. The largest absolute Gasteiger partial charge is 0.366 e. The van der Waals surface area contributed by atoms with Crippen molar-refractivity contribution < 1.29 is 0 Å². The molecule has 0 aliphatic carbocycles. The van der Waals surface area contributed by atoms with Crippen LogP contribution >= 0.6 is 15.9 Å². The van der Waals surface area contributed by atoms with Crippen molar-refractivity contribution >= 4 is 27.6 Å². The van der Waals surface area contributed by atoms with Gasteiger partial charge in [-0.1, -0.05) is 0 Å². The Labute approximate surface area is 85.8 Å². The Bertz CT molecular complexity index is 304. The van der Waals surface area contributed by atoms with Crippen LogP contribution in [-0.2, 0) is 0 Å². The average molecular weight is 243 g/mol. The Morgan fingerprint density at radius 1 is 1.38 bits per heavy atom. The number of halogens is 1. The molecule has 0 bridgehead atoms. The van der Waals surface area contributed by atoms with Crippen molar-refractivity contribution in [1.82, 2.24) is 15.1 Å². The molecule has 0 spiro atoms. The lowest BCUT2D eigenvalue weighted by atomic mass is 10.5. The van der Waals surface area contributed by atoms with Crippen LogP contribution in [0.15, 0.2) is 21.7 Å². The van der Waals surface area contributed by atoms with Gasteiger partial charge in [-0.2, -0.15) is 0 Å². The fourth-order valence-electron chi connectivity index (χ4n) is 0.634. The summed E-state index contributed by atoms with van der Waals surface area (Å²) in [5, 5.41) is 7.72. The third-order valence-corrected chi connectivity index (χ3v) is 1.96. The topological polar surface area (TPSA) is 41.4 Å². The Kier molecular flexibility index (Phi) is 3.36. The van der Waals surface area contributed by atoms with Gasteiger partial charge >= 0.3 is 0 Å². The predicted octanol–water partition coefficient (Wildman–Crippen LogP) is 1.85. The Morgan fingerprint density at radius 2 is 2.08 bits per heavy atom. The monoisotopic (exact) mass is 242 g/mol. The summed E-state index contributed by atoms with van der Waals surface area (Å²) in [7, 11) is 3.87. The van der Waals surface area contributed by atoms with Gasteiger partial charge in [0.05, 0.1) is 0 Å². The Hall–Kier alpha value is -0.970. The van der Waals surface area contributed by atoms with E-state index in [1.807, 2.05) is 38.1 Å². The molecule has 0 saturated heterocycles. The van der Waals surface area contributed by atoms with Crippen LogP contribution in [0.5, 0.6) is 0 Å². The van der Waals surface area contributed by atoms with Crippen molar-refractivity contribution in [2.75, 3.05) is 14.1 Å². The highest BCUT2D eigenvalue weighted by molar-refractivity contribution is 9.10. The third-order valence-electron chi connectivity index (χ3n) is 1.54. The van der Waals surface area contributed by atoms with Gasteiger partial charge < -0.3 is 4.90 Å². The van der Waals surface area contributed by atoms with E-state index in [1.165, 1.54) is 0 Å². The van der Waals surface area contributed by atoms with Crippen LogP contribution in [0.1, 0.15) is 6.92 Å². The molecule has 4 nitrogen and oxygen atoms in total. The molecule has 1 heterocycles. The first-order chi connectivity index (χ1) is 6.09. The highest BCUT2D eigenvalue weighted by atomic mass is 79.9. The van der Waals surface area contributed by atoms with Gasteiger partial charge in [0.1, 0.15) is 10.4 Å². The van der Waals surface area contributed by atoms with Crippen LogP contribution in [0.25, 0.3) is 0 Å². The summed E-state index contributed by atoms with van der Waals surface area (Å²) in [6.45, 7) is 1.92. The Morgan fingerprint density at radius 3 is 2.54 bits per heavy atom. The molecule has 0 atom stereocenters. The van der Waals surface area contributed by atoms with Gasteiger partial charge in [-0.15, -0.1) is 10.2 Å². The lowest BCUT2D eigenvalue weighted by Crippen LogP contribution is -2.17. The lowest BCUT2D eigenvalue weighted by Gasteiger charge is -2.09. The maximum atomic E-state index is 4.25. The number of aromatic nitrogens is 2. The molecule has 0 unspecified atom stereocenters. The van der Waals surface area contributed by atoms with Crippen molar-refractivity contribution in [3.8, 4) is 0 Å². The molecule has 0 radical (unpaired) electrons. The van der Waals surface area contributed by atoms with Gasteiger partial charge in [-0.25, -0.2) is 4.99 Å². The average Bonchev–Trinajstić information content (AvgIpc) is 2.08. The predicted molar refractivity (Wildman–Crippen MR) is 56.2 cm³/mol. The fraction of sp³-hybridized carbons (Fsp3) is 0.375. The minimum Gasteiger partial charge on any atom is -0.366 e. The maximum Gasteiger partial charge on any atom is 0.176 e. The molecule has 0 aliphatic rings. The van der Waals surface area contributed by atoms with Gasteiger partial charge in [0.2, 0.25) is 0 Å². The minimum atomic E-state index is 0.620. The molecular weight excluding hydrogens is 232 g/mol. The molecule has 0 saturated carbocycles. The summed E-state index contributed by atoms with van der Waals surface area (Å²) in [4.78, 5) is 6.17. The summed E-state index contributed by atoms with van der Waals surface area (Å²) < 4.78 is 0.717. The van der Waals surface area contributed by atoms with Gasteiger partial charge in [0, 0.05) is 14.1 Å². The van der Waals surface area contributed by atoms with Gasteiger partial charge in [-0.3, -0.25) is 0 Å². The van der Waals surface area contributed by atoms with Crippen molar-refractivity contribution in [3.63, 3.8) is 0 Å². The summed E-state index contributed by atoms with van der Waals surface area (Å²) in [5.74, 6) is 1.52. The number of hydrogen-bond donors (Lipinski definition) is 0. The fourth-order valence-corrected chi connectivity index (χ4v) is 0.846. The SMILES string of the molecule is C/C(=N\c1ccc(Br)nn1)N(C)C. The first kappa shape index (κ1) is 10.1. The number of nitrogens with zero attached hydrogens (tertiary/aromatic N) is 4. The summed E-state index contributed by atoms with van der Waals surface area (Å²) in [6, 6.07) is 3.62. The van der Waals surface area contributed by atoms with Crippen LogP contribution in [0, 0.1) is 0 Å². The van der Waals surface area contributed by atoms with Gasteiger partial charge in [-0.05, 0) is 35.0 Å². The van der Waals surface area contributed by atoms with Crippen LogP contribution in [0.2, 0.25) is 0 Å². The first-order valence-corrected chi connectivity index (χ1v) is 4.61. The summed E-state index contributed by atoms with van der Waals surface area (Å²) in [5.41, 5.74) is 0. The molecule has 13 heavy (non-hydrogen) atoms. The van der Waals surface area contributed by atoms with E-state index in [1.54, 1.807) is 0 Å². The van der Waals surface area contributed by atoms with Gasteiger partial charge in [0.15, 0.2) is 5.82 Å². The molecule has 0 amide bonds. The van der Waals surface area contributed by atoms with Crippen LogP contribution in [0.3, 0.4) is 0 Å². The molecule has 0 aromatic carbocycles. The zero-order valence-corrected chi connectivity index (χ0v) is 9.41. The van der Waals surface area contributed by atoms with E-state index in [0.29, 0.717) is 10.4 Å². The van der Waals surface area contributed by atoms with E-state index >= 15 is 0 Å². The second kappa shape index (κ2) is 4.32. The Balaban J connectivity index is 2.85. The van der Waals surface area contributed by atoms with E-state index < -0.39 is 0 Å². The number of hydrogen-bond acceptors (Lipinski definition) is 3. The quantitative estimate of drug-likeness (QED) is 0.558. The minimum absolute atomic E-state index is 0.620. The van der Waals surface area contributed by atoms with E-state index in [-0.39, 0.29) is 0 Å². The lowest BCUT2D eigenvalue weighted by molar-refractivity contribution is 0.618. The zero-order valence-electron chi connectivity index (χ0n) is 7.82. The highest BCUT2D eigenvalue weighted by Crippen LogP contribution is 2.10. The van der Waals surface area contributed by atoms with E-state index in [9.17, 15) is 0 Å². The molecule has 0 aliphatic heterocycles. The number of aliphatic imine (C=N–C) groups is 1. The van der Waals surface area contributed by atoms with E-state index in [4.69, 9.17) is 0 Å². The summed E-state index contributed by atoms with van der Waals surface area (Å²) >= 11 is 3.21. The molecule has 1 aromatic heterocycles. The molecule has 1 aromatic rings. The molecule has 0 N–H and O–H groups in total. The standard InChI is InChI=1S/C8H11BrN4/c1-6(13(2)3)10-8-5-4-7(9)11-12-8/h4-5H,1-3H3/b10-6+. The molecule has 70 valence electrons. The van der Waals surface area contributed by atoms with Crippen molar-refractivity contribution in [2.45, 2.75) is 6.92 Å². The van der Waals surface area contributed by atoms with E-state index in [0.717, 1.165) is 5.84 Å². The third kappa shape index (κ3) is 3.10. The maximum absolute atomic E-state index is 4.25.